The average Bonchev–Trinajstić information content (AvgIpc) is 2.38. The van der Waals surface area contributed by atoms with Crippen LogP contribution in [0.4, 0.5) is 18.9 Å². The van der Waals surface area contributed by atoms with Crippen LogP contribution in [0.1, 0.15) is 10.4 Å². The topological polar surface area (TPSA) is 85.4 Å². The molecule has 5 nitrogen and oxygen atoms in total. The predicted octanol–water partition coefficient (Wildman–Crippen LogP) is 2.93. The Kier molecular flexibility index (Phi) is 3.70. The molecule has 0 radical (unpaired) electrons. The Balaban J connectivity index is 2.52. The van der Waals surface area contributed by atoms with Crippen LogP contribution in [0.25, 0.3) is 11.3 Å². The van der Waals surface area contributed by atoms with E-state index in [0.717, 1.165) is 18.3 Å². The van der Waals surface area contributed by atoms with Gasteiger partial charge in [-0.3, -0.25) is 4.98 Å². The summed E-state index contributed by atoms with van der Waals surface area (Å²) in [5.74, 6) is -1.77. The third kappa shape index (κ3) is 3.41. The Labute approximate surface area is 116 Å². The predicted molar refractivity (Wildman–Crippen MR) is 67.7 cm³/mol. The molecular weight excluding hydrogens is 289 g/mol. The number of hydrogen-bond donors (Lipinski definition) is 2. The summed E-state index contributed by atoms with van der Waals surface area (Å²) in [5, 5.41) is 8.97. The molecule has 1 aromatic heterocycles. The number of halogens is 3. The van der Waals surface area contributed by atoms with Gasteiger partial charge in [0, 0.05) is 5.56 Å². The first-order chi connectivity index (χ1) is 9.78. The second-order valence-electron chi connectivity index (χ2n) is 4.01. The maximum Gasteiger partial charge on any atom is 0.573 e. The molecule has 0 spiro atoms. The van der Waals surface area contributed by atoms with E-state index in [1.165, 1.54) is 18.2 Å². The highest BCUT2D eigenvalue weighted by Crippen LogP contribution is 2.33. The van der Waals surface area contributed by atoms with Gasteiger partial charge < -0.3 is 15.6 Å². The molecule has 0 atom stereocenters. The maximum absolute atomic E-state index is 12.4. The second-order valence-corrected chi connectivity index (χ2v) is 4.01. The van der Waals surface area contributed by atoms with Crippen LogP contribution < -0.4 is 10.5 Å². The Morgan fingerprint density at radius 1 is 1.29 bits per heavy atom. The van der Waals surface area contributed by atoms with E-state index in [1.807, 2.05) is 0 Å². The van der Waals surface area contributed by atoms with Gasteiger partial charge in [-0.2, -0.15) is 0 Å². The minimum absolute atomic E-state index is 0.0114. The van der Waals surface area contributed by atoms with Gasteiger partial charge in [0.2, 0.25) is 0 Å². The Morgan fingerprint density at radius 3 is 2.57 bits per heavy atom. The summed E-state index contributed by atoms with van der Waals surface area (Å²) >= 11 is 0. The number of alkyl halides is 3. The minimum atomic E-state index is -4.86. The van der Waals surface area contributed by atoms with E-state index in [2.05, 4.69) is 9.72 Å². The summed E-state index contributed by atoms with van der Waals surface area (Å²) in [6.07, 6.45) is -3.79. The highest BCUT2D eigenvalue weighted by Gasteiger charge is 2.32. The molecule has 1 aromatic carbocycles. The lowest BCUT2D eigenvalue weighted by molar-refractivity contribution is -0.274. The number of aromatic nitrogens is 1. The molecule has 2 aromatic rings. The molecule has 2 rings (SSSR count). The number of carboxylic acids is 1. The van der Waals surface area contributed by atoms with Crippen molar-refractivity contribution in [3.63, 3.8) is 0 Å². The number of nitrogen functional groups attached to an aromatic ring is 1. The molecule has 0 aliphatic rings. The number of ether oxygens (including phenoxy) is 1. The molecule has 8 heteroatoms. The first kappa shape index (κ1) is 14.6. The van der Waals surface area contributed by atoms with E-state index in [0.29, 0.717) is 0 Å². The molecule has 0 amide bonds. The molecule has 0 aliphatic carbocycles. The van der Waals surface area contributed by atoms with E-state index in [9.17, 15) is 18.0 Å². The quantitative estimate of drug-likeness (QED) is 0.910. The SMILES string of the molecule is Nc1cnc(-c2ccccc2OC(F)(F)F)cc1C(=O)O. The number of carboxylic acid groups (broad SMARTS) is 1. The van der Waals surface area contributed by atoms with E-state index in [4.69, 9.17) is 10.8 Å². The van der Waals surface area contributed by atoms with Gasteiger partial charge in [-0.25, -0.2) is 4.79 Å². The summed E-state index contributed by atoms with van der Waals surface area (Å²) in [4.78, 5) is 14.8. The molecule has 0 saturated carbocycles. The van der Waals surface area contributed by atoms with Crippen molar-refractivity contribution < 1.29 is 27.8 Å². The number of carbonyl (C=O) groups is 1. The third-order valence-corrected chi connectivity index (χ3v) is 2.55. The van der Waals surface area contributed by atoms with Crippen LogP contribution in [0.15, 0.2) is 36.5 Å². The molecule has 0 unspecified atom stereocenters. The van der Waals surface area contributed by atoms with E-state index >= 15 is 0 Å². The first-order valence-electron chi connectivity index (χ1n) is 5.62. The fourth-order valence-corrected chi connectivity index (χ4v) is 1.69. The molecule has 0 saturated heterocycles. The molecule has 21 heavy (non-hydrogen) atoms. The number of rotatable bonds is 3. The molecule has 0 fully saturated rings. The summed E-state index contributed by atoms with van der Waals surface area (Å²) in [7, 11) is 0. The number of nitrogens with zero attached hydrogens (tertiary/aromatic N) is 1. The van der Waals surface area contributed by atoms with Crippen LogP contribution >= 0.6 is 0 Å². The number of nitrogens with two attached hydrogens (primary N) is 1. The molecular formula is C13H9F3N2O3. The van der Waals surface area contributed by atoms with E-state index in [-0.39, 0.29) is 22.5 Å². The molecule has 3 N–H and O–H groups in total. The second kappa shape index (κ2) is 5.31. The lowest BCUT2D eigenvalue weighted by Gasteiger charge is -2.13. The van der Waals surface area contributed by atoms with Crippen LogP contribution in [0.2, 0.25) is 0 Å². The van der Waals surface area contributed by atoms with Gasteiger partial charge in [0.25, 0.3) is 0 Å². The standard InChI is InChI=1S/C13H9F3N2O3/c14-13(15,16)21-11-4-2-1-3-7(11)10-5-8(12(19)20)9(17)6-18-10/h1-6H,17H2,(H,19,20). The zero-order valence-corrected chi connectivity index (χ0v) is 10.4. The minimum Gasteiger partial charge on any atom is -0.478 e. The van der Waals surface area contributed by atoms with Gasteiger partial charge in [0.05, 0.1) is 23.1 Å². The number of para-hydroxylation sites is 1. The van der Waals surface area contributed by atoms with Crippen molar-refractivity contribution in [1.82, 2.24) is 4.98 Å². The number of benzene rings is 1. The van der Waals surface area contributed by atoms with Crippen molar-refractivity contribution in [2.24, 2.45) is 0 Å². The fourth-order valence-electron chi connectivity index (χ4n) is 1.69. The van der Waals surface area contributed by atoms with Crippen molar-refractivity contribution in [2.75, 3.05) is 5.73 Å². The smallest absolute Gasteiger partial charge is 0.478 e. The monoisotopic (exact) mass is 298 g/mol. The summed E-state index contributed by atoms with van der Waals surface area (Å²) in [6, 6.07) is 6.39. The Bertz CT molecular complexity index is 687. The van der Waals surface area contributed by atoms with Gasteiger partial charge in [0.15, 0.2) is 0 Å². The molecule has 0 bridgehead atoms. The lowest BCUT2D eigenvalue weighted by atomic mass is 10.1. The van der Waals surface area contributed by atoms with Crippen molar-refractivity contribution in [3.8, 4) is 17.0 Å². The zero-order chi connectivity index (χ0) is 15.6. The van der Waals surface area contributed by atoms with Gasteiger partial charge in [-0.15, -0.1) is 13.2 Å². The van der Waals surface area contributed by atoms with Gasteiger partial charge >= 0.3 is 12.3 Å². The van der Waals surface area contributed by atoms with E-state index < -0.39 is 18.1 Å². The normalized spacial score (nSPS) is 11.2. The summed E-state index contributed by atoms with van der Waals surface area (Å²) in [5.41, 5.74) is 5.15. The van der Waals surface area contributed by atoms with Gasteiger partial charge in [-0.05, 0) is 18.2 Å². The van der Waals surface area contributed by atoms with E-state index in [1.54, 1.807) is 0 Å². The van der Waals surface area contributed by atoms with Crippen molar-refractivity contribution in [2.45, 2.75) is 6.36 Å². The fraction of sp³-hybridized carbons (Fsp3) is 0.0769. The maximum atomic E-state index is 12.4. The average molecular weight is 298 g/mol. The first-order valence-corrected chi connectivity index (χ1v) is 5.62. The third-order valence-electron chi connectivity index (χ3n) is 2.55. The van der Waals surface area contributed by atoms with Crippen molar-refractivity contribution >= 4 is 11.7 Å². The van der Waals surface area contributed by atoms with Crippen molar-refractivity contribution in [1.29, 1.82) is 0 Å². The molecule has 110 valence electrons. The van der Waals surface area contributed by atoms with Crippen LogP contribution in [-0.4, -0.2) is 22.4 Å². The lowest BCUT2D eigenvalue weighted by Crippen LogP contribution is -2.17. The van der Waals surface area contributed by atoms with Gasteiger partial charge in [-0.1, -0.05) is 12.1 Å². The number of anilines is 1. The van der Waals surface area contributed by atoms with Crippen LogP contribution in [0.3, 0.4) is 0 Å². The number of pyridine rings is 1. The molecule has 0 aliphatic heterocycles. The van der Waals surface area contributed by atoms with Gasteiger partial charge in [0.1, 0.15) is 5.75 Å². The number of hydrogen-bond acceptors (Lipinski definition) is 4. The molecule has 1 heterocycles. The Hall–Kier alpha value is -2.77. The van der Waals surface area contributed by atoms with Crippen LogP contribution in [0, 0.1) is 0 Å². The summed E-state index contributed by atoms with van der Waals surface area (Å²) in [6.45, 7) is 0. The highest BCUT2D eigenvalue weighted by molar-refractivity contribution is 5.94. The zero-order valence-electron chi connectivity index (χ0n) is 10.4. The van der Waals surface area contributed by atoms with Crippen LogP contribution in [-0.2, 0) is 0 Å². The number of aromatic carboxylic acids is 1. The van der Waals surface area contributed by atoms with Crippen LogP contribution in [0.5, 0.6) is 5.75 Å². The van der Waals surface area contributed by atoms with Crippen molar-refractivity contribution in [3.05, 3.63) is 42.1 Å². The summed E-state index contributed by atoms with van der Waals surface area (Å²) < 4.78 is 41.0. The highest BCUT2D eigenvalue weighted by atomic mass is 19.4. The largest absolute Gasteiger partial charge is 0.573 e. The Morgan fingerprint density at radius 2 is 1.95 bits per heavy atom.